The number of halogens is 1. The van der Waals surface area contributed by atoms with Crippen LogP contribution in [0.25, 0.3) is 10.4 Å². The topological polar surface area (TPSA) is 96.0 Å². The van der Waals surface area contributed by atoms with Crippen LogP contribution in [0.4, 0.5) is 9.39 Å². The minimum atomic E-state index is -3.73. The van der Waals surface area contributed by atoms with Crippen molar-refractivity contribution in [2.45, 2.75) is 11.8 Å². The molecule has 1 amide bonds. The van der Waals surface area contributed by atoms with Gasteiger partial charge in [0.05, 0.1) is 23.6 Å². The zero-order valence-electron chi connectivity index (χ0n) is 19.6. The second-order valence-corrected chi connectivity index (χ2v) is 11.1. The Hall–Kier alpha value is -3.12. The Balaban J connectivity index is 1.39. The molecule has 4 rings (SSSR count). The number of carbonyl (C=O) groups excluding carboxylic acids is 2. The van der Waals surface area contributed by atoms with Crippen LogP contribution in [-0.4, -0.2) is 68.8 Å². The van der Waals surface area contributed by atoms with Gasteiger partial charge in [0.1, 0.15) is 10.8 Å². The number of esters is 1. The first kappa shape index (κ1) is 26.0. The Morgan fingerprint density at radius 2 is 1.69 bits per heavy atom. The fourth-order valence-electron chi connectivity index (χ4n) is 3.84. The number of ether oxygens (including phenoxy) is 1. The molecule has 1 aliphatic rings. The summed E-state index contributed by atoms with van der Waals surface area (Å²) in [6.45, 7) is 3.11. The van der Waals surface area contributed by atoms with Gasteiger partial charge < -0.3 is 10.1 Å². The van der Waals surface area contributed by atoms with Crippen molar-refractivity contribution in [3.05, 3.63) is 72.0 Å². The number of hydrogen-bond donors (Lipinski definition) is 1. The highest BCUT2D eigenvalue weighted by atomic mass is 32.2. The fraction of sp³-hybridized carbons (Fsp3) is 0.280. The second kappa shape index (κ2) is 11.3. The van der Waals surface area contributed by atoms with Gasteiger partial charge in [0.15, 0.2) is 0 Å². The maximum Gasteiger partial charge on any atom is 0.341 e. The van der Waals surface area contributed by atoms with E-state index in [1.165, 1.54) is 27.8 Å². The minimum absolute atomic E-state index is 0.0357. The molecule has 36 heavy (non-hydrogen) atoms. The molecule has 1 saturated heterocycles. The molecular formula is C25H26FN3O5S2. The number of hydrogen-bond acceptors (Lipinski definition) is 7. The van der Waals surface area contributed by atoms with Crippen molar-refractivity contribution in [1.29, 1.82) is 0 Å². The molecule has 0 radical (unpaired) electrons. The van der Waals surface area contributed by atoms with Gasteiger partial charge in [-0.3, -0.25) is 9.69 Å². The van der Waals surface area contributed by atoms with Crippen LogP contribution >= 0.6 is 11.3 Å². The number of amides is 1. The van der Waals surface area contributed by atoms with Gasteiger partial charge in [-0.15, -0.1) is 11.3 Å². The standard InChI is InChI=1S/C25H26FN3O5S2/c1-2-34-25(31)21-16-22(18-6-4-3-5-7-18)35-24(21)27-23(30)17-28-12-14-29(15-13-28)36(32,33)20-10-8-19(26)9-11-20/h3-11,16H,2,12-15,17H2,1H3,(H,27,30). The molecule has 1 fully saturated rings. The molecule has 1 aliphatic heterocycles. The summed E-state index contributed by atoms with van der Waals surface area (Å²) in [5, 5.41) is 3.24. The Kier molecular flexibility index (Phi) is 8.14. The second-order valence-electron chi connectivity index (χ2n) is 8.12. The Morgan fingerprint density at radius 1 is 1.03 bits per heavy atom. The first-order valence-corrected chi connectivity index (χ1v) is 13.7. The summed E-state index contributed by atoms with van der Waals surface area (Å²) in [4.78, 5) is 28.0. The van der Waals surface area contributed by atoms with Gasteiger partial charge in [-0.2, -0.15) is 4.31 Å². The highest BCUT2D eigenvalue weighted by Crippen LogP contribution is 2.36. The van der Waals surface area contributed by atoms with Crippen molar-refractivity contribution < 1.29 is 27.1 Å². The SMILES string of the molecule is CCOC(=O)c1cc(-c2ccccc2)sc1NC(=O)CN1CCN(S(=O)(=O)c2ccc(F)cc2)CC1. The van der Waals surface area contributed by atoms with E-state index in [9.17, 15) is 22.4 Å². The summed E-state index contributed by atoms with van der Waals surface area (Å²) < 4.78 is 45.3. The first-order valence-electron chi connectivity index (χ1n) is 11.4. The Labute approximate surface area is 213 Å². The van der Waals surface area contributed by atoms with Crippen LogP contribution in [0, 0.1) is 5.82 Å². The Bertz CT molecular complexity index is 1320. The smallest absolute Gasteiger partial charge is 0.341 e. The molecule has 1 aromatic heterocycles. The largest absolute Gasteiger partial charge is 0.462 e. The lowest BCUT2D eigenvalue weighted by molar-refractivity contribution is -0.117. The third kappa shape index (κ3) is 5.98. The van der Waals surface area contributed by atoms with E-state index in [4.69, 9.17) is 4.74 Å². The summed E-state index contributed by atoms with van der Waals surface area (Å²) in [6.07, 6.45) is 0. The maximum atomic E-state index is 13.2. The van der Waals surface area contributed by atoms with E-state index in [0.717, 1.165) is 22.6 Å². The molecule has 0 bridgehead atoms. The molecule has 0 atom stereocenters. The molecule has 0 saturated carbocycles. The van der Waals surface area contributed by atoms with Crippen LogP contribution in [0.3, 0.4) is 0 Å². The molecule has 0 unspecified atom stereocenters. The van der Waals surface area contributed by atoms with E-state index in [1.54, 1.807) is 13.0 Å². The number of sulfonamides is 1. The normalized spacial score (nSPS) is 14.9. The molecule has 8 nitrogen and oxygen atoms in total. The van der Waals surface area contributed by atoms with Crippen LogP contribution in [0.5, 0.6) is 0 Å². The highest BCUT2D eigenvalue weighted by molar-refractivity contribution is 7.89. The van der Waals surface area contributed by atoms with Gasteiger partial charge in [-0.1, -0.05) is 30.3 Å². The van der Waals surface area contributed by atoms with Crippen LogP contribution in [-0.2, 0) is 19.6 Å². The van der Waals surface area contributed by atoms with Gasteiger partial charge >= 0.3 is 5.97 Å². The maximum absolute atomic E-state index is 13.2. The number of piperazine rings is 1. The van der Waals surface area contributed by atoms with Crippen LogP contribution < -0.4 is 5.32 Å². The van der Waals surface area contributed by atoms with Crippen LogP contribution in [0.1, 0.15) is 17.3 Å². The van der Waals surface area contributed by atoms with Crippen molar-refractivity contribution >= 4 is 38.2 Å². The molecule has 1 N–H and O–H groups in total. The van der Waals surface area contributed by atoms with Crippen molar-refractivity contribution in [2.75, 3.05) is 44.6 Å². The number of rotatable bonds is 8. The lowest BCUT2D eigenvalue weighted by Gasteiger charge is -2.33. The van der Waals surface area contributed by atoms with Crippen molar-refractivity contribution in [1.82, 2.24) is 9.21 Å². The first-order chi connectivity index (χ1) is 17.3. The summed E-state index contributed by atoms with van der Waals surface area (Å²) in [7, 11) is -3.73. The number of benzene rings is 2. The average molecular weight is 532 g/mol. The number of nitrogens with one attached hydrogen (secondary N) is 1. The van der Waals surface area contributed by atoms with E-state index in [-0.39, 0.29) is 37.0 Å². The van der Waals surface area contributed by atoms with E-state index in [1.807, 2.05) is 35.2 Å². The van der Waals surface area contributed by atoms with Crippen LogP contribution in [0.2, 0.25) is 0 Å². The predicted octanol–water partition coefficient (Wildman–Crippen LogP) is 3.68. The van der Waals surface area contributed by atoms with Crippen LogP contribution in [0.15, 0.2) is 65.6 Å². The zero-order chi connectivity index (χ0) is 25.7. The molecule has 2 aromatic carbocycles. The lowest BCUT2D eigenvalue weighted by Crippen LogP contribution is -2.50. The third-order valence-electron chi connectivity index (χ3n) is 5.69. The van der Waals surface area contributed by atoms with E-state index in [0.29, 0.717) is 23.7 Å². The van der Waals surface area contributed by atoms with Gasteiger partial charge in [0.25, 0.3) is 0 Å². The number of carbonyl (C=O) groups is 2. The monoisotopic (exact) mass is 531 g/mol. The summed E-state index contributed by atoms with van der Waals surface area (Å²) >= 11 is 1.29. The van der Waals surface area contributed by atoms with Crippen molar-refractivity contribution in [2.24, 2.45) is 0 Å². The highest BCUT2D eigenvalue weighted by Gasteiger charge is 2.29. The molecule has 2 heterocycles. The number of nitrogens with zero attached hydrogens (tertiary/aromatic N) is 2. The molecule has 0 spiro atoms. The van der Waals surface area contributed by atoms with E-state index in [2.05, 4.69) is 5.32 Å². The van der Waals surface area contributed by atoms with Gasteiger partial charge in [-0.25, -0.2) is 17.6 Å². The van der Waals surface area contributed by atoms with E-state index >= 15 is 0 Å². The fourth-order valence-corrected chi connectivity index (χ4v) is 6.33. The van der Waals surface area contributed by atoms with Crippen molar-refractivity contribution in [3.8, 4) is 10.4 Å². The predicted molar refractivity (Wildman–Crippen MR) is 136 cm³/mol. The molecule has 3 aromatic rings. The van der Waals surface area contributed by atoms with Gasteiger partial charge in [0, 0.05) is 31.1 Å². The summed E-state index contributed by atoms with van der Waals surface area (Å²) in [6, 6.07) is 16.0. The molecular weight excluding hydrogens is 505 g/mol. The Morgan fingerprint density at radius 3 is 2.33 bits per heavy atom. The quantitative estimate of drug-likeness (QED) is 0.446. The average Bonchev–Trinajstić information content (AvgIpc) is 3.29. The van der Waals surface area contributed by atoms with Crippen molar-refractivity contribution in [3.63, 3.8) is 0 Å². The minimum Gasteiger partial charge on any atom is -0.462 e. The third-order valence-corrected chi connectivity index (χ3v) is 8.70. The molecule has 190 valence electrons. The number of anilines is 1. The van der Waals surface area contributed by atoms with Gasteiger partial charge in [0.2, 0.25) is 15.9 Å². The molecule has 0 aliphatic carbocycles. The number of thiophene rings is 1. The summed E-state index contributed by atoms with van der Waals surface area (Å²) in [5.74, 6) is -1.32. The lowest BCUT2D eigenvalue weighted by atomic mass is 10.1. The van der Waals surface area contributed by atoms with Gasteiger partial charge in [-0.05, 0) is 42.8 Å². The summed E-state index contributed by atoms with van der Waals surface area (Å²) in [5.41, 5.74) is 1.22. The van der Waals surface area contributed by atoms with E-state index < -0.39 is 21.8 Å². The molecule has 11 heteroatoms. The zero-order valence-corrected chi connectivity index (χ0v) is 21.3.